The van der Waals surface area contributed by atoms with Gasteiger partial charge in [0.2, 0.25) is 0 Å². The SMILES string of the molecule is CC(C)N(Cc1cc(Cl)ccn1)CC1CC1. The predicted octanol–water partition coefficient (Wildman–Crippen LogP) is 3.36. The lowest BCUT2D eigenvalue weighted by atomic mass is 10.2. The molecule has 2 nitrogen and oxygen atoms in total. The fraction of sp³-hybridized carbons (Fsp3) is 0.615. The van der Waals surface area contributed by atoms with Gasteiger partial charge >= 0.3 is 0 Å². The molecule has 3 heteroatoms. The highest BCUT2D eigenvalue weighted by atomic mass is 35.5. The smallest absolute Gasteiger partial charge is 0.0558 e. The molecule has 0 radical (unpaired) electrons. The third kappa shape index (κ3) is 3.46. The third-order valence-corrected chi connectivity index (χ3v) is 3.30. The maximum atomic E-state index is 5.97. The van der Waals surface area contributed by atoms with Crippen LogP contribution in [0.1, 0.15) is 32.4 Å². The van der Waals surface area contributed by atoms with Gasteiger partial charge in [-0.15, -0.1) is 0 Å². The van der Waals surface area contributed by atoms with Crippen LogP contribution in [0.3, 0.4) is 0 Å². The second kappa shape index (κ2) is 5.15. The van der Waals surface area contributed by atoms with Crippen LogP contribution in [-0.2, 0) is 6.54 Å². The highest BCUT2D eigenvalue weighted by Crippen LogP contribution is 2.30. The zero-order chi connectivity index (χ0) is 11.5. The molecule has 1 aliphatic rings. The summed E-state index contributed by atoms with van der Waals surface area (Å²) in [6.45, 7) is 6.60. The summed E-state index contributed by atoms with van der Waals surface area (Å²) in [7, 11) is 0. The third-order valence-electron chi connectivity index (χ3n) is 3.06. The Morgan fingerprint density at radius 2 is 2.25 bits per heavy atom. The Hall–Kier alpha value is -0.600. The summed E-state index contributed by atoms with van der Waals surface area (Å²) in [4.78, 5) is 6.85. The van der Waals surface area contributed by atoms with Crippen LogP contribution in [0.4, 0.5) is 0 Å². The van der Waals surface area contributed by atoms with Gasteiger partial charge < -0.3 is 0 Å². The van der Waals surface area contributed by atoms with Gasteiger partial charge in [0.25, 0.3) is 0 Å². The van der Waals surface area contributed by atoms with Crippen molar-refractivity contribution in [3.8, 4) is 0 Å². The van der Waals surface area contributed by atoms with E-state index >= 15 is 0 Å². The Morgan fingerprint density at radius 3 is 2.81 bits per heavy atom. The molecular weight excluding hydrogens is 220 g/mol. The minimum Gasteiger partial charge on any atom is -0.295 e. The van der Waals surface area contributed by atoms with Crippen molar-refractivity contribution < 1.29 is 0 Å². The van der Waals surface area contributed by atoms with Gasteiger partial charge in [0.1, 0.15) is 0 Å². The average molecular weight is 239 g/mol. The minimum absolute atomic E-state index is 0.571. The predicted molar refractivity (Wildman–Crippen MR) is 67.5 cm³/mol. The van der Waals surface area contributed by atoms with E-state index in [4.69, 9.17) is 11.6 Å². The number of halogens is 1. The summed E-state index contributed by atoms with van der Waals surface area (Å²) in [6.07, 6.45) is 4.58. The molecule has 0 aliphatic heterocycles. The van der Waals surface area contributed by atoms with E-state index in [2.05, 4.69) is 23.7 Å². The van der Waals surface area contributed by atoms with Gasteiger partial charge in [0.05, 0.1) is 5.69 Å². The monoisotopic (exact) mass is 238 g/mol. The van der Waals surface area contributed by atoms with Crippen LogP contribution in [0.15, 0.2) is 18.3 Å². The summed E-state index contributed by atoms with van der Waals surface area (Å²) in [6, 6.07) is 4.36. The summed E-state index contributed by atoms with van der Waals surface area (Å²) in [5.41, 5.74) is 1.07. The zero-order valence-electron chi connectivity index (χ0n) is 9.99. The number of pyridine rings is 1. The van der Waals surface area contributed by atoms with Gasteiger partial charge in [-0.1, -0.05) is 11.6 Å². The summed E-state index contributed by atoms with van der Waals surface area (Å²) < 4.78 is 0. The summed E-state index contributed by atoms with van der Waals surface area (Å²) >= 11 is 5.97. The second-order valence-electron chi connectivity index (χ2n) is 4.93. The summed E-state index contributed by atoms with van der Waals surface area (Å²) in [5.74, 6) is 0.918. The molecule has 1 aromatic heterocycles. The molecule has 88 valence electrons. The Labute approximate surface area is 103 Å². The molecule has 2 rings (SSSR count). The van der Waals surface area contributed by atoms with E-state index in [-0.39, 0.29) is 0 Å². The molecule has 0 amide bonds. The highest BCUT2D eigenvalue weighted by molar-refractivity contribution is 6.30. The van der Waals surface area contributed by atoms with Gasteiger partial charge in [-0.05, 0) is 44.7 Å². The van der Waals surface area contributed by atoms with Gasteiger partial charge in [-0.2, -0.15) is 0 Å². The van der Waals surface area contributed by atoms with Crippen LogP contribution < -0.4 is 0 Å². The first-order chi connectivity index (χ1) is 7.65. The second-order valence-corrected chi connectivity index (χ2v) is 5.37. The van der Waals surface area contributed by atoms with Crippen LogP contribution >= 0.6 is 11.6 Å². The molecule has 1 saturated carbocycles. The normalized spacial score (nSPS) is 16.1. The average Bonchev–Trinajstić information content (AvgIpc) is 3.00. The fourth-order valence-corrected chi connectivity index (χ4v) is 2.02. The van der Waals surface area contributed by atoms with E-state index in [1.165, 1.54) is 19.4 Å². The maximum Gasteiger partial charge on any atom is 0.0558 e. The number of hydrogen-bond donors (Lipinski definition) is 0. The quantitative estimate of drug-likeness (QED) is 0.782. The van der Waals surface area contributed by atoms with Crippen LogP contribution in [0.25, 0.3) is 0 Å². The van der Waals surface area contributed by atoms with Gasteiger partial charge in [-0.3, -0.25) is 9.88 Å². The van der Waals surface area contributed by atoms with Gasteiger partial charge in [0.15, 0.2) is 0 Å². The molecule has 0 bridgehead atoms. The van der Waals surface area contributed by atoms with E-state index in [0.29, 0.717) is 6.04 Å². The van der Waals surface area contributed by atoms with Gasteiger partial charge in [0, 0.05) is 30.4 Å². The van der Waals surface area contributed by atoms with Crippen LogP contribution in [-0.4, -0.2) is 22.5 Å². The lowest BCUT2D eigenvalue weighted by Gasteiger charge is -2.26. The Bertz CT molecular complexity index is 348. The highest BCUT2D eigenvalue weighted by Gasteiger charge is 2.25. The van der Waals surface area contributed by atoms with Gasteiger partial charge in [-0.25, -0.2) is 0 Å². The largest absolute Gasteiger partial charge is 0.295 e. The standard InChI is InChI=1S/C13H19ClN2/c1-10(2)16(8-11-3-4-11)9-13-7-12(14)5-6-15-13/h5-7,10-11H,3-4,8-9H2,1-2H3. The maximum absolute atomic E-state index is 5.97. The molecule has 1 heterocycles. The first-order valence-corrected chi connectivity index (χ1v) is 6.37. The molecule has 0 atom stereocenters. The number of nitrogens with zero attached hydrogens (tertiary/aromatic N) is 2. The van der Waals surface area contributed by atoms with Crippen molar-refractivity contribution in [1.82, 2.24) is 9.88 Å². The zero-order valence-corrected chi connectivity index (χ0v) is 10.7. The topological polar surface area (TPSA) is 16.1 Å². The number of hydrogen-bond acceptors (Lipinski definition) is 2. The van der Waals surface area contributed by atoms with Crippen LogP contribution in [0, 0.1) is 5.92 Å². The van der Waals surface area contributed by atoms with Crippen molar-refractivity contribution in [2.75, 3.05) is 6.54 Å². The van der Waals surface area contributed by atoms with Crippen molar-refractivity contribution >= 4 is 11.6 Å². The van der Waals surface area contributed by atoms with E-state index in [9.17, 15) is 0 Å². The molecule has 0 aromatic carbocycles. The molecule has 1 aromatic rings. The molecule has 1 aliphatic carbocycles. The van der Waals surface area contributed by atoms with Crippen molar-refractivity contribution in [3.05, 3.63) is 29.0 Å². The van der Waals surface area contributed by atoms with Crippen molar-refractivity contribution in [3.63, 3.8) is 0 Å². The van der Waals surface area contributed by atoms with E-state index < -0.39 is 0 Å². The van der Waals surface area contributed by atoms with Crippen molar-refractivity contribution in [2.24, 2.45) is 5.92 Å². The van der Waals surface area contributed by atoms with Crippen molar-refractivity contribution in [1.29, 1.82) is 0 Å². The molecule has 16 heavy (non-hydrogen) atoms. The lowest BCUT2D eigenvalue weighted by Crippen LogP contribution is -2.32. The fourth-order valence-electron chi connectivity index (χ4n) is 1.83. The number of aromatic nitrogens is 1. The first-order valence-electron chi connectivity index (χ1n) is 5.99. The molecule has 0 unspecified atom stereocenters. The first kappa shape index (κ1) is 11.9. The van der Waals surface area contributed by atoms with Crippen LogP contribution in [0.2, 0.25) is 5.02 Å². The summed E-state index contributed by atoms with van der Waals surface area (Å²) in [5, 5.41) is 0.778. The van der Waals surface area contributed by atoms with Crippen LogP contribution in [0.5, 0.6) is 0 Å². The Balaban J connectivity index is 1.98. The number of rotatable bonds is 5. The molecule has 0 saturated heterocycles. The minimum atomic E-state index is 0.571. The molecular formula is C13H19ClN2. The molecule has 0 spiro atoms. The van der Waals surface area contributed by atoms with Crippen molar-refractivity contribution in [2.45, 2.75) is 39.3 Å². The van der Waals surface area contributed by atoms with E-state index in [1.807, 2.05) is 12.1 Å². The molecule has 1 fully saturated rings. The Kier molecular flexibility index (Phi) is 3.82. The van der Waals surface area contributed by atoms with E-state index in [1.54, 1.807) is 6.20 Å². The molecule has 0 N–H and O–H groups in total. The lowest BCUT2D eigenvalue weighted by molar-refractivity contribution is 0.201. The Morgan fingerprint density at radius 1 is 1.50 bits per heavy atom. The van der Waals surface area contributed by atoms with E-state index in [0.717, 1.165) is 23.2 Å².